The summed E-state index contributed by atoms with van der Waals surface area (Å²) >= 11 is 0. The average molecular weight is 523 g/mol. The summed E-state index contributed by atoms with van der Waals surface area (Å²) in [5.41, 5.74) is 2.41. The number of nitrogens with two attached hydrogens (primary N) is 1. The third kappa shape index (κ3) is 4.92. The van der Waals surface area contributed by atoms with Crippen LogP contribution in [0.1, 0.15) is 11.3 Å². The van der Waals surface area contributed by atoms with Crippen LogP contribution < -0.4 is 20.6 Å². The first-order valence-corrected chi connectivity index (χ1v) is 10.3. The van der Waals surface area contributed by atoms with Gasteiger partial charge >= 0.3 is 6.18 Å². The number of halogens is 6. The van der Waals surface area contributed by atoms with Gasteiger partial charge < -0.3 is 20.2 Å². The first kappa shape index (κ1) is 25.5. The van der Waals surface area contributed by atoms with E-state index in [0.29, 0.717) is 18.2 Å². The molecular formula is C24H15F6N3O4. The van der Waals surface area contributed by atoms with Crippen LogP contribution in [0.5, 0.6) is 17.2 Å². The van der Waals surface area contributed by atoms with Crippen molar-refractivity contribution in [3.05, 3.63) is 81.5 Å². The lowest BCUT2D eigenvalue weighted by atomic mass is 10.0. The summed E-state index contributed by atoms with van der Waals surface area (Å²) in [4.78, 5) is 31.0. The number of carbonyl (C=O) groups excluding carboxylic acids is 1. The fraction of sp³-hybridized carbons (Fsp3) is 0.125. The number of nitrogens with one attached hydrogen (secondary N) is 1. The van der Waals surface area contributed by atoms with E-state index >= 15 is 0 Å². The number of amides is 1. The molecule has 37 heavy (non-hydrogen) atoms. The Bertz CT molecular complexity index is 1600. The molecule has 0 aliphatic rings. The van der Waals surface area contributed by atoms with Gasteiger partial charge in [-0.2, -0.15) is 17.6 Å². The van der Waals surface area contributed by atoms with Crippen molar-refractivity contribution < 1.29 is 40.6 Å². The number of rotatable bonds is 6. The Morgan fingerprint density at radius 2 is 1.78 bits per heavy atom. The number of pyridine rings is 2. The van der Waals surface area contributed by atoms with E-state index in [1.54, 1.807) is 0 Å². The third-order valence-corrected chi connectivity index (χ3v) is 5.27. The monoisotopic (exact) mass is 523 g/mol. The molecule has 2 heterocycles. The van der Waals surface area contributed by atoms with Gasteiger partial charge in [-0.15, -0.1) is 0 Å². The van der Waals surface area contributed by atoms with Crippen molar-refractivity contribution in [2.24, 2.45) is 5.73 Å². The molecule has 3 N–H and O–H groups in total. The van der Waals surface area contributed by atoms with Crippen molar-refractivity contribution in [2.45, 2.75) is 12.6 Å². The zero-order chi connectivity index (χ0) is 27.1. The molecule has 2 aromatic carbocycles. The van der Waals surface area contributed by atoms with E-state index in [2.05, 4.69) is 9.97 Å². The summed E-state index contributed by atoms with van der Waals surface area (Å²) in [5, 5.41) is -0.0119. The molecule has 0 bridgehead atoms. The van der Waals surface area contributed by atoms with E-state index in [-0.39, 0.29) is 34.3 Å². The van der Waals surface area contributed by atoms with Gasteiger partial charge in [0.2, 0.25) is 17.5 Å². The number of methoxy groups -OCH3 is 1. The van der Waals surface area contributed by atoms with Crippen molar-refractivity contribution >= 4 is 16.8 Å². The van der Waals surface area contributed by atoms with E-state index in [9.17, 15) is 35.9 Å². The van der Waals surface area contributed by atoms with Crippen LogP contribution in [-0.4, -0.2) is 23.0 Å². The van der Waals surface area contributed by atoms with E-state index in [1.807, 2.05) is 0 Å². The lowest BCUT2D eigenvalue weighted by Gasteiger charge is -2.17. The van der Waals surface area contributed by atoms with Crippen molar-refractivity contribution in [1.29, 1.82) is 0 Å². The molecule has 0 aliphatic heterocycles. The zero-order valence-electron chi connectivity index (χ0n) is 18.7. The molecule has 0 radical (unpaired) electrons. The van der Waals surface area contributed by atoms with Gasteiger partial charge in [0.1, 0.15) is 11.6 Å². The number of hydrogen-bond acceptors (Lipinski definition) is 5. The molecule has 0 fully saturated rings. The highest BCUT2D eigenvalue weighted by Gasteiger charge is 2.36. The number of nitrogens with zero attached hydrogens (tertiary/aromatic N) is 1. The van der Waals surface area contributed by atoms with Gasteiger partial charge in [-0.25, -0.2) is 8.78 Å². The molecule has 0 saturated carbocycles. The smallest absolute Gasteiger partial charge is 0.419 e. The highest BCUT2D eigenvalue weighted by molar-refractivity contribution is 5.88. The SMILES string of the molecule is COc1c(Oc2cc(C(F)(F)F)c(F)cc2-c2cc(=O)c3c(CC(N)=O)nccc3[nH]2)ccc(F)c1F. The fourth-order valence-corrected chi connectivity index (χ4v) is 3.68. The van der Waals surface area contributed by atoms with Crippen LogP contribution in [0.25, 0.3) is 22.2 Å². The number of aromatic nitrogens is 2. The Morgan fingerprint density at radius 1 is 1.05 bits per heavy atom. The topological polar surface area (TPSA) is 107 Å². The van der Waals surface area contributed by atoms with Gasteiger partial charge in [0.05, 0.1) is 41.4 Å². The molecular weight excluding hydrogens is 508 g/mol. The molecule has 0 unspecified atom stereocenters. The van der Waals surface area contributed by atoms with Gasteiger partial charge in [-0.05, 0) is 30.3 Å². The van der Waals surface area contributed by atoms with Crippen LogP contribution in [0.3, 0.4) is 0 Å². The minimum Gasteiger partial charge on any atom is -0.490 e. The highest BCUT2D eigenvalue weighted by atomic mass is 19.4. The number of fused-ring (bicyclic) bond motifs is 1. The summed E-state index contributed by atoms with van der Waals surface area (Å²) in [7, 11) is 0.982. The quantitative estimate of drug-likeness (QED) is 0.351. The highest BCUT2D eigenvalue weighted by Crippen LogP contribution is 2.43. The molecule has 4 rings (SSSR count). The lowest BCUT2D eigenvalue weighted by Crippen LogP contribution is -2.17. The molecule has 0 spiro atoms. The molecule has 13 heteroatoms. The van der Waals surface area contributed by atoms with Crippen LogP contribution in [0.15, 0.2) is 47.4 Å². The normalized spacial score (nSPS) is 11.5. The second-order valence-electron chi connectivity index (χ2n) is 7.69. The average Bonchev–Trinajstić information content (AvgIpc) is 2.81. The second kappa shape index (κ2) is 9.48. The molecule has 7 nitrogen and oxygen atoms in total. The van der Waals surface area contributed by atoms with Crippen LogP contribution in [0.4, 0.5) is 26.3 Å². The fourth-order valence-electron chi connectivity index (χ4n) is 3.68. The standard InChI is InChI=1S/C24H15F6N3O4/c1-36-23-18(3-2-12(25)22(23)27)37-19-7-11(24(28,29)30)13(26)6-10(19)15-8-17(34)21-14(33-15)4-5-32-16(21)9-20(31)35/h2-8H,9H2,1H3,(H2,31,35)(H,33,34). The Balaban J connectivity index is 1.96. The molecule has 2 aromatic heterocycles. The van der Waals surface area contributed by atoms with Crippen LogP contribution in [-0.2, 0) is 17.4 Å². The maximum Gasteiger partial charge on any atom is 0.419 e. The Labute approximate surface area is 203 Å². The van der Waals surface area contributed by atoms with Gasteiger partial charge in [-0.1, -0.05) is 0 Å². The summed E-state index contributed by atoms with van der Waals surface area (Å²) in [5.74, 6) is -7.13. The second-order valence-corrected chi connectivity index (χ2v) is 7.69. The molecule has 0 atom stereocenters. The number of benzene rings is 2. The number of hydrogen-bond donors (Lipinski definition) is 2. The van der Waals surface area contributed by atoms with Gasteiger partial charge in [0.15, 0.2) is 17.0 Å². The van der Waals surface area contributed by atoms with Crippen molar-refractivity contribution in [3.63, 3.8) is 0 Å². The molecule has 4 aromatic rings. The Hall–Kier alpha value is -4.55. The number of primary amides is 1. The van der Waals surface area contributed by atoms with Crippen molar-refractivity contribution in [1.82, 2.24) is 9.97 Å². The van der Waals surface area contributed by atoms with E-state index < -0.39 is 57.8 Å². The first-order valence-electron chi connectivity index (χ1n) is 10.3. The first-order chi connectivity index (χ1) is 17.4. The number of carbonyl (C=O) groups is 1. The summed E-state index contributed by atoms with van der Waals surface area (Å²) in [6.07, 6.45) is -4.23. The maximum atomic E-state index is 14.6. The Morgan fingerprint density at radius 3 is 2.43 bits per heavy atom. The summed E-state index contributed by atoms with van der Waals surface area (Å²) in [6.45, 7) is 0. The largest absolute Gasteiger partial charge is 0.490 e. The zero-order valence-corrected chi connectivity index (χ0v) is 18.7. The van der Waals surface area contributed by atoms with Crippen LogP contribution in [0.2, 0.25) is 0 Å². The lowest BCUT2D eigenvalue weighted by molar-refractivity contribution is -0.140. The van der Waals surface area contributed by atoms with Gasteiger partial charge in [0, 0.05) is 17.8 Å². The number of aromatic amines is 1. The van der Waals surface area contributed by atoms with Crippen LogP contribution in [0, 0.1) is 17.5 Å². The molecule has 0 aliphatic carbocycles. The van der Waals surface area contributed by atoms with Crippen LogP contribution >= 0.6 is 0 Å². The van der Waals surface area contributed by atoms with Crippen molar-refractivity contribution in [2.75, 3.05) is 7.11 Å². The molecule has 1 amide bonds. The summed E-state index contributed by atoms with van der Waals surface area (Å²) in [6, 6.07) is 4.65. The number of H-pyrrole nitrogens is 1. The van der Waals surface area contributed by atoms with E-state index in [0.717, 1.165) is 19.2 Å². The minimum absolute atomic E-state index is 0.0119. The number of alkyl halides is 3. The van der Waals surface area contributed by atoms with Gasteiger partial charge in [-0.3, -0.25) is 14.6 Å². The predicted molar refractivity (Wildman–Crippen MR) is 119 cm³/mol. The summed E-state index contributed by atoms with van der Waals surface area (Å²) < 4.78 is 93.0. The predicted octanol–water partition coefficient (Wildman–Crippen LogP) is 4.85. The Kier molecular flexibility index (Phi) is 6.55. The van der Waals surface area contributed by atoms with Gasteiger partial charge in [0.25, 0.3) is 0 Å². The minimum atomic E-state index is -5.13. The maximum absolute atomic E-state index is 14.6. The molecule has 192 valence electrons. The molecule has 0 saturated heterocycles. The van der Waals surface area contributed by atoms with E-state index in [1.165, 1.54) is 12.3 Å². The number of ether oxygens (including phenoxy) is 2. The van der Waals surface area contributed by atoms with E-state index in [4.69, 9.17) is 15.2 Å². The third-order valence-electron chi connectivity index (χ3n) is 5.27. The van der Waals surface area contributed by atoms with Crippen molar-refractivity contribution in [3.8, 4) is 28.5 Å².